The Hall–Kier alpha value is 0.246. The molecule has 0 aliphatic rings. The summed E-state index contributed by atoms with van der Waals surface area (Å²) in [4.78, 5) is -0.0211. The van der Waals surface area contributed by atoms with E-state index in [1.165, 1.54) is 95.1 Å². The van der Waals surface area contributed by atoms with Crippen molar-refractivity contribution in [2.24, 2.45) is 0 Å². The molecule has 3 nitrogen and oxygen atoms in total. The minimum Gasteiger partial charge on any atom is -0.744 e. The molecule has 0 N–H and O–H groups in total. The number of fused-ring (bicyclic) bond motifs is 1. The molecule has 0 fully saturated rings. The maximum atomic E-state index is 12.0. The van der Waals surface area contributed by atoms with E-state index in [1.807, 2.05) is 0 Å². The Labute approximate surface area is 258 Å². The maximum Gasteiger partial charge on any atom is 1.00 e. The van der Waals surface area contributed by atoms with Gasteiger partial charge in [-0.1, -0.05) is 128 Å². The predicted molar refractivity (Wildman–Crippen MR) is 145 cm³/mol. The fourth-order valence-electron chi connectivity index (χ4n) is 4.96. The van der Waals surface area contributed by atoms with Gasteiger partial charge in [-0.05, 0) is 53.6 Å². The number of hydrogen-bond donors (Lipinski definition) is 0. The van der Waals surface area contributed by atoms with Gasteiger partial charge in [0.25, 0.3) is 0 Å². The minimum atomic E-state index is -4.48. The smallest absolute Gasteiger partial charge is 0.744 e. The summed E-state index contributed by atoms with van der Waals surface area (Å²) in [7, 11) is -4.48. The molecule has 0 radical (unpaired) electrons. The van der Waals surface area contributed by atoms with E-state index < -0.39 is 10.1 Å². The van der Waals surface area contributed by atoms with Gasteiger partial charge < -0.3 is 4.55 Å². The molecule has 2 aromatic carbocycles. The molecule has 2 aromatic rings. The van der Waals surface area contributed by atoms with Crippen molar-refractivity contribution in [2.45, 2.75) is 134 Å². The summed E-state index contributed by atoms with van der Waals surface area (Å²) in [5.41, 5.74) is 1.98. The fourth-order valence-corrected chi connectivity index (χ4v) is 5.70. The van der Waals surface area contributed by atoms with Crippen LogP contribution >= 0.6 is 0 Å². The van der Waals surface area contributed by atoms with Gasteiger partial charge in [0.2, 0.25) is 0 Å². The molecule has 0 aliphatic heterocycles. The van der Waals surface area contributed by atoms with Gasteiger partial charge in [-0.3, -0.25) is 0 Å². The summed E-state index contributed by atoms with van der Waals surface area (Å²) in [5.74, 6) is 0. The first-order valence-electron chi connectivity index (χ1n) is 14.0. The van der Waals surface area contributed by atoms with Gasteiger partial charge in [0.05, 0.1) is 4.90 Å². The van der Waals surface area contributed by atoms with Crippen molar-refractivity contribution in [3.05, 3.63) is 41.5 Å². The van der Waals surface area contributed by atoms with Gasteiger partial charge in [0.15, 0.2) is 0 Å². The van der Waals surface area contributed by atoms with E-state index >= 15 is 0 Å². The van der Waals surface area contributed by atoms with E-state index in [4.69, 9.17) is 0 Å². The predicted octanol–water partition coefficient (Wildman–Crippen LogP) is 6.11. The summed E-state index contributed by atoms with van der Waals surface area (Å²) in [6.07, 6.45) is 21.6. The third kappa shape index (κ3) is 13.0. The Morgan fingerprint density at radius 1 is 0.629 bits per heavy atom. The first kappa shape index (κ1) is 33.3. The van der Waals surface area contributed by atoms with E-state index in [0.29, 0.717) is 6.42 Å². The first-order valence-corrected chi connectivity index (χ1v) is 15.4. The fraction of sp³-hybridized carbons (Fsp3) is 0.667. The van der Waals surface area contributed by atoms with Crippen LogP contribution in [0.2, 0.25) is 0 Å². The number of benzene rings is 2. The molecule has 0 bridgehead atoms. The largest absolute Gasteiger partial charge is 1.00 e. The van der Waals surface area contributed by atoms with E-state index in [2.05, 4.69) is 32.0 Å². The number of rotatable bonds is 19. The van der Waals surface area contributed by atoms with Gasteiger partial charge in [-0.15, -0.1) is 0 Å². The molecule has 0 saturated carbocycles. The second-order valence-corrected chi connectivity index (χ2v) is 11.3. The SMILES string of the molecule is CCCCCCCCCCc1ccc2ccc(S(=O)(=O)[O-])c(CCCCCCCCCC)c2c1.[K+]. The number of hydrogen-bond acceptors (Lipinski definition) is 3. The Bertz CT molecular complexity index is 940. The zero-order valence-corrected chi connectivity index (χ0v) is 26.7. The van der Waals surface area contributed by atoms with Crippen molar-refractivity contribution < 1.29 is 64.4 Å². The van der Waals surface area contributed by atoms with E-state index in [1.54, 1.807) is 6.07 Å². The van der Waals surface area contributed by atoms with Crippen molar-refractivity contribution in [2.75, 3.05) is 0 Å². The Balaban J connectivity index is 0.00000612. The van der Waals surface area contributed by atoms with E-state index in [0.717, 1.165) is 42.0 Å². The standard InChI is InChI=1S/C30H48O3S.K/c1-3-5-7-9-11-13-15-17-19-26-21-22-27-23-24-30(34(31,32)33)28(29(27)25-26)20-18-16-14-12-10-8-6-4-2;/h21-25H,3-20H2,1-2H3,(H,31,32,33);/q;+1/p-1. The molecular weight excluding hydrogens is 479 g/mol. The van der Waals surface area contributed by atoms with Crippen LogP contribution in [0.3, 0.4) is 0 Å². The monoisotopic (exact) mass is 526 g/mol. The van der Waals surface area contributed by atoms with Crippen LogP contribution in [0.4, 0.5) is 0 Å². The van der Waals surface area contributed by atoms with Crippen molar-refractivity contribution in [1.29, 1.82) is 0 Å². The Morgan fingerprint density at radius 2 is 1.09 bits per heavy atom. The van der Waals surface area contributed by atoms with Gasteiger partial charge in [-0.25, -0.2) is 8.42 Å². The van der Waals surface area contributed by atoms with Crippen LogP contribution in [0.15, 0.2) is 35.2 Å². The van der Waals surface area contributed by atoms with Crippen molar-refractivity contribution in [3.8, 4) is 0 Å². The van der Waals surface area contributed by atoms with Crippen molar-refractivity contribution in [1.82, 2.24) is 0 Å². The molecule has 0 aliphatic carbocycles. The van der Waals surface area contributed by atoms with Gasteiger partial charge in [-0.2, -0.15) is 0 Å². The molecule has 5 heteroatoms. The molecule has 0 atom stereocenters. The van der Waals surface area contributed by atoms with Gasteiger partial charge in [0, 0.05) is 0 Å². The zero-order chi connectivity index (χ0) is 24.7. The molecule has 192 valence electrons. The number of unbranched alkanes of at least 4 members (excludes halogenated alkanes) is 14. The summed E-state index contributed by atoms with van der Waals surface area (Å²) in [6, 6.07) is 9.70. The van der Waals surface area contributed by atoms with Crippen LogP contribution in [0.1, 0.15) is 128 Å². The molecule has 35 heavy (non-hydrogen) atoms. The summed E-state index contributed by atoms with van der Waals surface area (Å²) in [5, 5.41) is 1.98. The molecule has 0 aromatic heterocycles. The maximum absolute atomic E-state index is 12.0. The second-order valence-electron chi connectivity index (χ2n) is 10.0. The third-order valence-corrected chi connectivity index (χ3v) is 7.94. The van der Waals surface area contributed by atoms with Crippen LogP contribution in [0.25, 0.3) is 10.8 Å². The molecule has 0 amide bonds. The quantitative estimate of drug-likeness (QED) is 0.126. The molecule has 0 heterocycles. The van der Waals surface area contributed by atoms with Crippen LogP contribution in [-0.4, -0.2) is 13.0 Å². The number of aryl methyl sites for hydroxylation is 2. The van der Waals surface area contributed by atoms with Crippen LogP contribution in [0, 0.1) is 0 Å². The third-order valence-electron chi connectivity index (χ3n) is 7.02. The molecule has 0 spiro atoms. The van der Waals surface area contributed by atoms with Crippen LogP contribution in [0.5, 0.6) is 0 Å². The first-order chi connectivity index (χ1) is 16.5. The normalized spacial score (nSPS) is 11.6. The second kappa shape index (κ2) is 19.3. The summed E-state index contributed by atoms with van der Waals surface area (Å²) >= 11 is 0. The van der Waals surface area contributed by atoms with E-state index in [9.17, 15) is 13.0 Å². The Morgan fingerprint density at radius 3 is 1.60 bits per heavy atom. The molecule has 0 unspecified atom stereocenters. The van der Waals surface area contributed by atoms with Crippen molar-refractivity contribution in [3.63, 3.8) is 0 Å². The molecule has 2 rings (SSSR count). The molecule has 0 saturated heterocycles. The topological polar surface area (TPSA) is 57.2 Å². The van der Waals surface area contributed by atoms with Crippen LogP contribution in [-0.2, 0) is 23.0 Å². The average molecular weight is 527 g/mol. The van der Waals surface area contributed by atoms with Crippen molar-refractivity contribution >= 4 is 20.9 Å². The Kier molecular flexibility index (Phi) is 18.4. The van der Waals surface area contributed by atoms with Crippen LogP contribution < -0.4 is 51.4 Å². The van der Waals surface area contributed by atoms with Gasteiger partial charge >= 0.3 is 51.4 Å². The molecular formula is C30H47KO3S. The average Bonchev–Trinajstić information content (AvgIpc) is 2.81. The summed E-state index contributed by atoms with van der Waals surface area (Å²) < 4.78 is 36.0. The minimum absolute atomic E-state index is 0. The summed E-state index contributed by atoms with van der Waals surface area (Å²) in [6.45, 7) is 4.48. The van der Waals surface area contributed by atoms with Gasteiger partial charge in [0.1, 0.15) is 10.1 Å². The van der Waals surface area contributed by atoms with E-state index in [-0.39, 0.29) is 56.3 Å². The zero-order valence-electron chi connectivity index (χ0n) is 22.7.